The van der Waals surface area contributed by atoms with E-state index in [0.29, 0.717) is 12.3 Å². The van der Waals surface area contributed by atoms with Gasteiger partial charge in [0.25, 0.3) is 5.91 Å². The number of benzene rings is 1. The maximum atomic E-state index is 14.0. The molecule has 110 valence electrons. The van der Waals surface area contributed by atoms with Gasteiger partial charge >= 0.3 is 0 Å². The first-order valence-electron chi connectivity index (χ1n) is 6.88. The number of likely N-dealkylation sites (tertiary alicyclic amines) is 1. The number of nitrogens with zero attached hydrogens (tertiary/aromatic N) is 1. The van der Waals surface area contributed by atoms with Gasteiger partial charge in [-0.1, -0.05) is 22.0 Å². The number of carbonyl (C=O) groups excluding carboxylic acids is 1. The predicted molar refractivity (Wildman–Crippen MR) is 80.0 cm³/mol. The third-order valence-corrected chi connectivity index (χ3v) is 4.28. The molecule has 0 aliphatic carbocycles. The fraction of sp³-hybridized carbons (Fsp3) is 0.533. The van der Waals surface area contributed by atoms with Crippen molar-refractivity contribution in [1.82, 2.24) is 4.90 Å². The third-order valence-electron chi connectivity index (χ3n) is 3.72. The Morgan fingerprint density at radius 2 is 2.35 bits per heavy atom. The van der Waals surface area contributed by atoms with Gasteiger partial charge in [-0.05, 0) is 37.8 Å². The standard InChI is InChI=1S/C15H19BrFNO2/c1-20-13-8-2-7-12(17)14(13)15(19)18-10-4-6-11(18)5-3-9-16/h2,7-8,11H,3-6,9-10H2,1H3. The molecule has 0 aromatic heterocycles. The fourth-order valence-electron chi connectivity index (χ4n) is 2.74. The zero-order valence-electron chi connectivity index (χ0n) is 11.6. The topological polar surface area (TPSA) is 29.5 Å². The lowest BCUT2D eigenvalue weighted by Crippen LogP contribution is -2.36. The lowest BCUT2D eigenvalue weighted by molar-refractivity contribution is 0.0722. The first-order chi connectivity index (χ1) is 9.69. The zero-order chi connectivity index (χ0) is 14.5. The second kappa shape index (κ2) is 7.07. The van der Waals surface area contributed by atoms with E-state index in [9.17, 15) is 9.18 Å². The Morgan fingerprint density at radius 3 is 3.05 bits per heavy atom. The van der Waals surface area contributed by atoms with Crippen LogP contribution in [-0.4, -0.2) is 35.8 Å². The Hall–Kier alpha value is -1.10. The van der Waals surface area contributed by atoms with Crippen molar-refractivity contribution in [1.29, 1.82) is 0 Å². The van der Waals surface area contributed by atoms with E-state index in [2.05, 4.69) is 15.9 Å². The van der Waals surface area contributed by atoms with Crippen LogP contribution >= 0.6 is 15.9 Å². The molecule has 3 nitrogen and oxygen atoms in total. The van der Waals surface area contributed by atoms with Crippen LogP contribution in [0, 0.1) is 5.82 Å². The van der Waals surface area contributed by atoms with Crippen LogP contribution in [0.1, 0.15) is 36.0 Å². The number of methoxy groups -OCH3 is 1. The van der Waals surface area contributed by atoms with Crippen LogP contribution in [0.15, 0.2) is 18.2 Å². The van der Waals surface area contributed by atoms with Gasteiger partial charge in [0.1, 0.15) is 17.1 Å². The van der Waals surface area contributed by atoms with Crippen molar-refractivity contribution < 1.29 is 13.9 Å². The first-order valence-corrected chi connectivity index (χ1v) is 8.00. The van der Waals surface area contributed by atoms with Crippen LogP contribution in [0.5, 0.6) is 5.75 Å². The molecule has 0 N–H and O–H groups in total. The molecule has 1 aromatic rings. The number of alkyl halides is 1. The van der Waals surface area contributed by atoms with E-state index >= 15 is 0 Å². The number of ether oxygens (including phenoxy) is 1. The molecule has 2 rings (SSSR count). The highest BCUT2D eigenvalue weighted by molar-refractivity contribution is 9.09. The van der Waals surface area contributed by atoms with E-state index in [1.54, 1.807) is 17.0 Å². The molecule has 0 radical (unpaired) electrons. The number of carbonyl (C=O) groups is 1. The molecule has 1 fully saturated rings. The smallest absolute Gasteiger partial charge is 0.260 e. The molecule has 1 aromatic carbocycles. The molecule has 1 atom stereocenters. The van der Waals surface area contributed by atoms with Crippen molar-refractivity contribution in [2.75, 3.05) is 19.0 Å². The van der Waals surface area contributed by atoms with Crippen LogP contribution < -0.4 is 4.74 Å². The molecule has 1 aliphatic heterocycles. The summed E-state index contributed by atoms with van der Waals surface area (Å²) in [4.78, 5) is 14.4. The quantitative estimate of drug-likeness (QED) is 0.764. The highest BCUT2D eigenvalue weighted by Gasteiger charge is 2.31. The minimum atomic E-state index is -0.513. The highest BCUT2D eigenvalue weighted by atomic mass is 79.9. The largest absolute Gasteiger partial charge is 0.496 e. The Labute approximate surface area is 127 Å². The molecule has 1 heterocycles. The van der Waals surface area contributed by atoms with Crippen molar-refractivity contribution in [3.8, 4) is 5.75 Å². The summed E-state index contributed by atoms with van der Waals surface area (Å²) < 4.78 is 19.1. The normalized spacial score (nSPS) is 18.4. The van der Waals surface area contributed by atoms with Gasteiger partial charge < -0.3 is 9.64 Å². The van der Waals surface area contributed by atoms with E-state index in [1.165, 1.54) is 13.2 Å². The van der Waals surface area contributed by atoms with Gasteiger partial charge in [-0.15, -0.1) is 0 Å². The monoisotopic (exact) mass is 343 g/mol. The van der Waals surface area contributed by atoms with Crippen molar-refractivity contribution in [2.24, 2.45) is 0 Å². The Balaban J connectivity index is 2.22. The van der Waals surface area contributed by atoms with Gasteiger partial charge in [0.2, 0.25) is 0 Å². The van der Waals surface area contributed by atoms with E-state index in [1.807, 2.05) is 0 Å². The summed E-state index contributed by atoms with van der Waals surface area (Å²) in [5.74, 6) is -0.460. The molecule has 1 aliphatic rings. The van der Waals surface area contributed by atoms with E-state index in [0.717, 1.165) is 31.0 Å². The first kappa shape index (κ1) is 15.3. The SMILES string of the molecule is COc1cccc(F)c1C(=O)N1CCCC1CCCBr. The lowest BCUT2D eigenvalue weighted by Gasteiger charge is -2.25. The predicted octanol–water partition coefficient (Wildman–Crippen LogP) is 3.61. The molecule has 1 unspecified atom stereocenters. The number of amides is 1. The number of hydrogen-bond donors (Lipinski definition) is 0. The van der Waals surface area contributed by atoms with Crippen LogP contribution in [-0.2, 0) is 0 Å². The molecular weight excluding hydrogens is 325 g/mol. The zero-order valence-corrected chi connectivity index (χ0v) is 13.2. The third kappa shape index (κ3) is 3.14. The van der Waals surface area contributed by atoms with Gasteiger partial charge in [0.15, 0.2) is 0 Å². The Kier molecular flexibility index (Phi) is 5.40. The van der Waals surface area contributed by atoms with Crippen LogP contribution in [0.2, 0.25) is 0 Å². The molecule has 0 bridgehead atoms. The molecule has 20 heavy (non-hydrogen) atoms. The summed E-state index contributed by atoms with van der Waals surface area (Å²) in [6, 6.07) is 4.69. The van der Waals surface area contributed by atoms with Crippen LogP contribution in [0.3, 0.4) is 0 Å². The summed E-state index contributed by atoms with van der Waals surface area (Å²) in [5.41, 5.74) is 0.0562. The minimum Gasteiger partial charge on any atom is -0.496 e. The molecule has 5 heteroatoms. The Morgan fingerprint density at radius 1 is 1.55 bits per heavy atom. The van der Waals surface area contributed by atoms with E-state index in [-0.39, 0.29) is 17.5 Å². The van der Waals surface area contributed by atoms with E-state index in [4.69, 9.17) is 4.74 Å². The maximum Gasteiger partial charge on any atom is 0.260 e. The average molecular weight is 344 g/mol. The fourth-order valence-corrected chi connectivity index (χ4v) is 3.07. The van der Waals surface area contributed by atoms with Gasteiger partial charge in [-0.2, -0.15) is 0 Å². The molecule has 1 saturated heterocycles. The van der Waals surface area contributed by atoms with Crippen LogP contribution in [0.4, 0.5) is 4.39 Å². The van der Waals surface area contributed by atoms with Crippen molar-refractivity contribution in [3.05, 3.63) is 29.6 Å². The second-order valence-corrected chi connectivity index (χ2v) is 5.74. The molecule has 0 saturated carbocycles. The summed E-state index contributed by atoms with van der Waals surface area (Å²) >= 11 is 3.41. The maximum absolute atomic E-state index is 14.0. The molecule has 1 amide bonds. The summed E-state index contributed by atoms with van der Waals surface area (Å²) in [7, 11) is 1.46. The Bertz CT molecular complexity index is 481. The van der Waals surface area contributed by atoms with Crippen molar-refractivity contribution in [2.45, 2.75) is 31.7 Å². The van der Waals surface area contributed by atoms with Crippen molar-refractivity contribution in [3.63, 3.8) is 0 Å². The van der Waals surface area contributed by atoms with Gasteiger partial charge in [-0.25, -0.2) is 4.39 Å². The van der Waals surface area contributed by atoms with Gasteiger partial charge in [0, 0.05) is 17.9 Å². The van der Waals surface area contributed by atoms with Crippen molar-refractivity contribution >= 4 is 21.8 Å². The highest BCUT2D eigenvalue weighted by Crippen LogP contribution is 2.28. The second-order valence-electron chi connectivity index (χ2n) is 4.94. The lowest BCUT2D eigenvalue weighted by atomic mass is 10.1. The summed E-state index contributed by atoms with van der Waals surface area (Å²) in [6.07, 6.45) is 3.95. The van der Waals surface area contributed by atoms with Crippen LogP contribution in [0.25, 0.3) is 0 Å². The van der Waals surface area contributed by atoms with Gasteiger partial charge in [0.05, 0.1) is 7.11 Å². The summed E-state index contributed by atoms with van der Waals surface area (Å²) in [5, 5.41) is 0.925. The average Bonchev–Trinajstić information content (AvgIpc) is 2.92. The number of hydrogen-bond acceptors (Lipinski definition) is 2. The summed E-state index contributed by atoms with van der Waals surface area (Å²) in [6.45, 7) is 0.698. The number of halogens is 2. The number of rotatable bonds is 5. The molecule has 0 spiro atoms. The van der Waals surface area contributed by atoms with E-state index < -0.39 is 5.82 Å². The van der Waals surface area contributed by atoms with Gasteiger partial charge in [-0.3, -0.25) is 4.79 Å². The molecular formula is C15H19BrFNO2. The minimum absolute atomic E-state index is 0.0562.